The maximum atomic E-state index is 14.1. The molecule has 0 saturated carbocycles. The van der Waals surface area contributed by atoms with E-state index in [1.54, 1.807) is 4.90 Å². The van der Waals surface area contributed by atoms with Gasteiger partial charge in [-0.05, 0) is 83.5 Å². The Morgan fingerprint density at radius 1 is 0.413 bits per heavy atom. The van der Waals surface area contributed by atoms with Crippen LogP contribution in [0.5, 0.6) is 0 Å². The molecule has 0 aliphatic carbocycles. The lowest BCUT2D eigenvalue weighted by molar-refractivity contribution is -0.327. The van der Waals surface area contributed by atoms with Crippen LogP contribution in [0.15, 0.2) is 0 Å². The van der Waals surface area contributed by atoms with Crippen LogP contribution in [0, 0.1) is 0 Å². The number of rotatable bonds is 64. The molecule has 7 heterocycles. The van der Waals surface area contributed by atoms with E-state index in [2.05, 4.69) is 57.7 Å². The highest BCUT2D eigenvalue weighted by molar-refractivity contribution is 7.47. The predicted molar refractivity (Wildman–Crippen MR) is 428 cm³/mol. The summed E-state index contributed by atoms with van der Waals surface area (Å²) in [6, 6.07) is -2.71. The van der Waals surface area contributed by atoms with Gasteiger partial charge in [-0.2, -0.15) is 0 Å². The SMILES string of the molecule is COP(=O)(O)OCC1CCCN1C(=O)CCCCCCCCCCC(=O)NC(COCCC(=O)NCCCNC(=O)CCCCO[C@@H]1OC2CO[C@@H]2C(O)[C@@H]1NC(C)=O)(COCCC(=O)NCCCNC(=O)CCCCO[C@@H]1OC2CO[C@@H]2C(O)[C@@H]1NC(C)=O)COCCC(=O)NCCCNC(=O)CCCCO[C@@H]1OC2CO[C@@H]2C(O)[C@@H]1NC(C)=O. The van der Waals surface area contributed by atoms with Gasteiger partial charge in [-0.3, -0.25) is 61.8 Å². The fraction of sp³-hybridized carbons (Fsp3) is 0.861. The molecule has 7 aliphatic rings. The minimum absolute atomic E-state index is 0.0166. The van der Waals surface area contributed by atoms with Crippen molar-refractivity contribution in [1.29, 1.82) is 0 Å². The number of amides is 11. The van der Waals surface area contributed by atoms with E-state index in [0.717, 1.165) is 52.1 Å². The summed E-state index contributed by atoms with van der Waals surface area (Å²) < 4.78 is 91.3. The number of carbonyl (C=O) groups is 11. The van der Waals surface area contributed by atoms with E-state index in [9.17, 15) is 77.5 Å². The normalized spacial score (nSPS) is 26.1. The van der Waals surface area contributed by atoms with E-state index >= 15 is 0 Å². The summed E-state index contributed by atoms with van der Waals surface area (Å²) >= 11 is 0. The maximum Gasteiger partial charge on any atom is 0.471 e. The van der Waals surface area contributed by atoms with E-state index in [1.165, 1.54) is 20.8 Å². The highest BCUT2D eigenvalue weighted by Crippen LogP contribution is 2.43. The molecule has 11 amide bonds. The number of likely N-dealkylation sites (tertiary alicyclic amines) is 1. The fourth-order valence-electron chi connectivity index (χ4n) is 14.8. The number of aliphatic hydroxyl groups is 3. The highest BCUT2D eigenvalue weighted by atomic mass is 31.2. The summed E-state index contributed by atoms with van der Waals surface area (Å²) in [7, 11) is -3.08. The third-order valence-corrected chi connectivity index (χ3v) is 22.5. The molecule has 7 aliphatic heterocycles. The van der Waals surface area contributed by atoms with Crippen LogP contribution >= 0.6 is 7.82 Å². The number of unbranched alkanes of at least 4 members (excludes halogenated alkanes) is 10. The minimum atomic E-state index is -4.16. The zero-order valence-corrected chi connectivity index (χ0v) is 71.7. The van der Waals surface area contributed by atoms with Crippen LogP contribution in [0.2, 0.25) is 0 Å². The Morgan fingerprint density at radius 3 is 1.05 bits per heavy atom. The summed E-state index contributed by atoms with van der Waals surface area (Å²) in [4.78, 5) is 151. The Balaban J connectivity index is 0.846. The first-order valence-corrected chi connectivity index (χ1v) is 44.7. The van der Waals surface area contributed by atoms with E-state index in [4.69, 9.17) is 61.4 Å². The monoisotopic (exact) mass is 1750 g/mol. The maximum absolute atomic E-state index is 14.1. The van der Waals surface area contributed by atoms with Crippen molar-refractivity contribution in [2.24, 2.45) is 0 Å². The van der Waals surface area contributed by atoms with Crippen molar-refractivity contribution < 1.29 is 143 Å². The van der Waals surface area contributed by atoms with Crippen LogP contribution in [0.4, 0.5) is 0 Å². The average Bonchev–Trinajstić information content (AvgIpc) is 1.14. The van der Waals surface area contributed by atoms with Gasteiger partial charge in [0.15, 0.2) is 18.9 Å². The zero-order chi connectivity index (χ0) is 87.4. The number of hydrogen-bond donors (Lipinski definition) is 14. The van der Waals surface area contributed by atoms with Gasteiger partial charge in [-0.15, -0.1) is 0 Å². The molecular formula is C79H136N11O30P. The molecule has 42 heteroatoms. The lowest BCUT2D eigenvalue weighted by Gasteiger charge is -2.49. The molecule has 692 valence electrons. The van der Waals surface area contributed by atoms with Crippen molar-refractivity contribution in [2.45, 2.75) is 298 Å². The number of nitrogens with zero attached hydrogens (tertiary/aromatic N) is 1. The molecule has 41 nitrogen and oxygen atoms in total. The molecule has 0 bridgehead atoms. The van der Waals surface area contributed by atoms with E-state index in [-0.39, 0.29) is 240 Å². The molecule has 17 atom stereocenters. The Labute approximate surface area is 708 Å². The number of fused-ring (bicyclic) bond motifs is 3. The second-order valence-electron chi connectivity index (χ2n) is 31.7. The Hall–Kier alpha value is -6.32. The van der Waals surface area contributed by atoms with Gasteiger partial charge >= 0.3 is 7.82 Å². The molecule has 7 saturated heterocycles. The quantitative estimate of drug-likeness (QED) is 0.0259. The van der Waals surface area contributed by atoms with Crippen molar-refractivity contribution >= 4 is 72.8 Å². The van der Waals surface area contributed by atoms with Gasteiger partial charge in [-0.25, -0.2) is 4.57 Å². The fourth-order valence-corrected chi connectivity index (χ4v) is 15.2. The summed E-state index contributed by atoms with van der Waals surface area (Å²) in [5.74, 6) is -3.03. The van der Waals surface area contributed by atoms with E-state index in [1.807, 2.05) is 0 Å². The first-order chi connectivity index (χ1) is 58.2. The summed E-state index contributed by atoms with van der Waals surface area (Å²) in [5.41, 5.74) is -1.40. The van der Waals surface area contributed by atoms with Gasteiger partial charge in [0.25, 0.3) is 0 Å². The van der Waals surface area contributed by atoms with Crippen LogP contribution < -0.4 is 53.2 Å². The zero-order valence-electron chi connectivity index (χ0n) is 70.8. The third-order valence-electron chi connectivity index (χ3n) is 21.6. The van der Waals surface area contributed by atoms with Gasteiger partial charge < -0.3 is 135 Å². The van der Waals surface area contributed by atoms with E-state index in [0.29, 0.717) is 110 Å². The average molecular weight is 1750 g/mol. The Kier molecular flexibility index (Phi) is 47.0. The number of hydrogen-bond acceptors (Lipinski definition) is 29. The molecule has 121 heavy (non-hydrogen) atoms. The lowest BCUT2D eigenvalue weighted by atomic mass is 9.93. The standard InChI is InChI=1S/C79H136N11O30P/c1-52(91)86-67-70(102)73-56(46-114-73)118-76(67)111-39-16-13-24-59(94)80-32-20-35-83-62(97)29-42-108-49-79(89-65(100)27-11-9-7-5-6-8-10-12-28-66(101)90-38-19-23-55(90)45-117-121(105,106)107-4,50-109-43-30-63(98)84-36-21-33-81-60(95)25-14-17-40-112-77-68(87-53(2)92)71(103)74-57(119-77)47-115-74)51-110-44-31-64(99)85-37-22-34-82-61(96)26-15-18-41-113-78-69(88-54(3)93)72(104)75-58(120-78)48-116-75/h55-58,67-78,102-104H,5-51H2,1-4H3,(H,80,94)(H,81,95)(H,82,96)(H,83,97)(H,84,98)(H,85,99)(H,86,91)(H,87,92)(H,88,93)(H,89,100)(H,105,106)/t55?,56?,57?,58?,67-,68-,69-,70?,71?,72?,73-,74-,75-,76+,77+,78+,79?/m0/s1. The van der Waals surface area contributed by atoms with Gasteiger partial charge in [0.1, 0.15) is 78.6 Å². The predicted octanol–water partition coefficient (Wildman–Crippen LogP) is -0.887. The molecular weight excluding hydrogens is 1610 g/mol. The molecule has 7 fully saturated rings. The second-order valence-corrected chi connectivity index (χ2v) is 33.3. The van der Waals surface area contributed by atoms with Crippen LogP contribution in [-0.2, 0) is 123 Å². The Morgan fingerprint density at radius 2 is 0.727 bits per heavy atom. The first-order valence-electron chi connectivity index (χ1n) is 43.2. The molecule has 0 aromatic heterocycles. The van der Waals surface area contributed by atoms with Crippen molar-refractivity contribution in [1.82, 2.24) is 58.1 Å². The molecule has 0 aromatic rings. The minimum Gasteiger partial charge on any atom is -0.388 e. The largest absolute Gasteiger partial charge is 0.471 e. The first kappa shape index (κ1) is 102. The van der Waals surface area contributed by atoms with Crippen LogP contribution in [0.25, 0.3) is 0 Å². The highest BCUT2D eigenvalue weighted by Gasteiger charge is 2.54. The molecule has 14 N–H and O–H groups in total. The van der Waals surface area contributed by atoms with Crippen molar-refractivity contribution in [2.75, 3.05) is 139 Å². The molecule has 0 spiro atoms. The molecule has 8 unspecified atom stereocenters. The summed E-state index contributed by atoms with van der Waals surface area (Å²) in [5, 5.41) is 60.2. The summed E-state index contributed by atoms with van der Waals surface area (Å²) in [6.07, 6.45) is 4.75. The number of nitrogens with one attached hydrogen (secondary N) is 10. The third kappa shape index (κ3) is 37.8. The van der Waals surface area contributed by atoms with Crippen molar-refractivity contribution in [3.63, 3.8) is 0 Å². The number of phosphoric ester groups is 1. The topological polar surface area (TPSA) is 539 Å². The molecule has 0 aromatic carbocycles. The molecule has 0 radical (unpaired) electrons. The number of aliphatic hydroxyl groups excluding tert-OH is 3. The van der Waals surface area contributed by atoms with Crippen molar-refractivity contribution in [3.8, 4) is 0 Å². The van der Waals surface area contributed by atoms with Gasteiger partial charge in [0.05, 0.1) is 72.1 Å². The van der Waals surface area contributed by atoms with Crippen LogP contribution in [0.1, 0.15) is 194 Å². The second kappa shape index (κ2) is 55.9. The Bertz CT molecular complexity index is 2980. The van der Waals surface area contributed by atoms with Gasteiger partial charge in [0.2, 0.25) is 65.0 Å². The van der Waals surface area contributed by atoms with Gasteiger partial charge in [0, 0.05) is 145 Å². The van der Waals surface area contributed by atoms with Crippen LogP contribution in [0.3, 0.4) is 0 Å². The van der Waals surface area contributed by atoms with E-state index < -0.39 is 87.0 Å². The summed E-state index contributed by atoms with van der Waals surface area (Å²) in [6.45, 7) is 6.72. The lowest BCUT2D eigenvalue weighted by Crippen LogP contribution is -2.69. The van der Waals surface area contributed by atoms with Gasteiger partial charge in [-0.1, -0.05) is 38.5 Å². The molecule has 7 rings (SSSR count). The number of ether oxygens (including phenoxy) is 12. The van der Waals surface area contributed by atoms with Crippen LogP contribution in [-0.4, -0.2) is 332 Å². The number of carbonyl (C=O) groups excluding carboxylic acids is 11. The smallest absolute Gasteiger partial charge is 0.388 e. The number of phosphoric acid groups is 1. The van der Waals surface area contributed by atoms with Crippen molar-refractivity contribution in [3.05, 3.63) is 0 Å².